The second kappa shape index (κ2) is 7.99. The Labute approximate surface area is 139 Å². The lowest BCUT2D eigenvalue weighted by Gasteiger charge is -2.33. The molecule has 2 fully saturated rings. The number of halogens is 1. The van der Waals surface area contributed by atoms with Gasteiger partial charge >= 0.3 is 0 Å². The van der Waals surface area contributed by atoms with Gasteiger partial charge in [-0.2, -0.15) is 0 Å². The van der Waals surface area contributed by atoms with Gasteiger partial charge in [0.1, 0.15) is 0 Å². The van der Waals surface area contributed by atoms with Gasteiger partial charge in [0.05, 0.1) is 0 Å². The van der Waals surface area contributed by atoms with Gasteiger partial charge in [-0.3, -0.25) is 4.79 Å². The van der Waals surface area contributed by atoms with Crippen LogP contribution in [0.4, 0.5) is 0 Å². The number of hydrogen-bond donors (Lipinski definition) is 1. The molecule has 2 rings (SSSR count). The van der Waals surface area contributed by atoms with E-state index in [1.807, 2.05) is 0 Å². The Balaban J connectivity index is 1.90. The molecule has 21 heavy (non-hydrogen) atoms. The molecular weight excluding hydrogens is 326 g/mol. The summed E-state index contributed by atoms with van der Waals surface area (Å²) >= 11 is 3.66. The van der Waals surface area contributed by atoms with Crippen LogP contribution in [0, 0.1) is 23.2 Å². The summed E-state index contributed by atoms with van der Waals surface area (Å²) in [4.78, 5) is 12.8. The van der Waals surface area contributed by atoms with Crippen LogP contribution in [0.25, 0.3) is 0 Å². The molecule has 1 amide bonds. The van der Waals surface area contributed by atoms with Gasteiger partial charge in [0, 0.05) is 17.3 Å². The zero-order chi connectivity index (χ0) is 15.3. The van der Waals surface area contributed by atoms with Gasteiger partial charge in [0.15, 0.2) is 0 Å². The number of carbonyl (C=O) groups excluding carboxylic acids is 1. The summed E-state index contributed by atoms with van der Waals surface area (Å²) in [5.74, 6) is 2.40. The molecule has 2 aliphatic rings. The lowest BCUT2D eigenvalue weighted by atomic mass is 9.77. The Bertz CT molecular complexity index is 336. The van der Waals surface area contributed by atoms with Gasteiger partial charge in [-0.05, 0) is 49.9 Å². The van der Waals surface area contributed by atoms with Crippen molar-refractivity contribution in [2.24, 2.45) is 23.2 Å². The second-order valence-electron chi connectivity index (χ2n) is 7.75. The molecule has 3 heteroatoms. The van der Waals surface area contributed by atoms with Crippen molar-refractivity contribution in [3.8, 4) is 0 Å². The van der Waals surface area contributed by atoms with Crippen LogP contribution in [0.15, 0.2) is 0 Å². The summed E-state index contributed by atoms with van der Waals surface area (Å²) in [6.45, 7) is 5.39. The third-order valence-corrected chi connectivity index (χ3v) is 6.46. The minimum atomic E-state index is -0.0489. The van der Waals surface area contributed by atoms with Crippen molar-refractivity contribution in [3.05, 3.63) is 0 Å². The summed E-state index contributed by atoms with van der Waals surface area (Å²) in [5, 5.41) is 4.43. The van der Waals surface area contributed by atoms with Crippen LogP contribution in [0.2, 0.25) is 0 Å². The zero-order valence-electron chi connectivity index (χ0n) is 13.8. The van der Waals surface area contributed by atoms with E-state index in [0.717, 1.165) is 37.1 Å². The first-order chi connectivity index (χ1) is 10.1. The van der Waals surface area contributed by atoms with Gasteiger partial charge in [0.2, 0.25) is 5.91 Å². The first-order valence-electron chi connectivity index (χ1n) is 8.91. The van der Waals surface area contributed by atoms with Gasteiger partial charge in [0.25, 0.3) is 0 Å². The van der Waals surface area contributed by atoms with Crippen molar-refractivity contribution < 1.29 is 4.79 Å². The molecule has 2 atom stereocenters. The molecule has 0 saturated heterocycles. The fraction of sp³-hybridized carbons (Fsp3) is 0.944. The zero-order valence-corrected chi connectivity index (χ0v) is 15.4. The third-order valence-electron chi connectivity index (χ3n) is 5.63. The molecular formula is C18H32BrNO. The van der Waals surface area contributed by atoms with E-state index >= 15 is 0 Å². The van der Waals surface area contributed by atoms with Crippen LogP contribution in [-0.4, -0.2) is 17.8 Å². The molecule has 2 saturated carbocycles. The molecule has 0 radical (unpaired) electrons. The van der Waals surface area contributed by atoms with Crippen molar-refractivity contribution >= 4 is 21.8 Å². The minimum Gasteiger partial charge on any atom is -0.355 e. The number of amides is 1. The summed E-state index contributed by atoms with van der Waals surface area (Å²) in [6, 6.07) is 0. The van der Waals surface area contributed by atoms with E-state index in [1.165, 1.54) is 38.5 Å². The summed E-state index contributed by atoms with van der Waals surface area (Å²) < 4.78 is 0. The van der Waals surface area contributed by atoms with Gasteiger partial charge in [-0.25, -0.2) is 0 Å². The van der Waals surface area contributed by atoms with E-state index in [4.69, 9.17) is 0 Å². The predicted octanol–water partition coefficient (Wildman–Crippen LogP) is 4.91. The third kappa shape index (κ3) is 4.46. The normalized spacial score (nSPS) is 28.8. The van der Waals surface area contributed by atoms with E-state index < -0.39 is 0 Å². The Hall–Kier alpha value is -0.0500. The van der Waals surface area contributed by atoms with Crippen molar-refractivity contribution in [3.63, 3.8) is 0 Å². The highest BCUT2D eigenvalue weighted by molar-refractivity contribution is 9.09. The number of alkyl halides is 1. The maximum atomic E-state index is 12.8. The highest BCUT2D eigenvalue weighted by atomic mass is 79.9. The lowest BCUT2D eigenvalue weighted by molar-refractivity contribution is -0.132. The molecule has 0 aromatic carbocycles. The van der Waals surface area contributed by atoms with Crippen molar-refractivity contribution in [1.29, 1.82) is 0 Å². The van der Waals surface area contributed by atoms with Crippen molar-refractivity contribution in [1.82, 2.24) is 5.32 Å². The van der Waals surface area contributed by atoms with Gasteiger partial charge in [-0.1, -0.05) is 55.5 Å². The fourth-order valence-electron chi connectivity index (χ4n) is 4.52. The molecule has 0 aliphatic heterocycles. The molecule has 2 unspecified atom stereocenters. The fourth-order valence-corrected chi connectivity index (χ4v) is 5.38. The Kier molecular flexibility index (Phi) is 6.58. The van der Waals surface area contributed by atoms with Gasteiger partial charge < -0.3 is 5.32 Å². The van der Waals surface area contributed by atoms with Crippen LogP contribution in [-0.2, 0) is 4.79 Å². The Morgan fingerprint density at radius 3 is 2.33 bits per heavy atom. The minimum absolute atomic E-state index is 0.0489. The smallest absolute Gasteiger partial charge is 0.226 e. The molecule has 0 spiro atoms. The Morgan fingerprint density at radius 2 is 1.76 bits per heavy atom. The monoisotopic (exact) mass is 357 g/mol. The second-order valence-corrected chi connectivity index (χ2v) is 8.40. The largest absolute Gasteiger partial charge is 0.355 e. The van der Waals surface area contributed by atoms with Crippen LogP contribution < -0.4 is 5.32 Å². The van der Waals surface area contributed by atoms with Crippen molar-refractivity contribution in [2.45, 2.75) is 71.6 Å². The van der Waals surface area contributed by atoms with Crippen LogP contribution in [0.3, 0.4) is 0 Å². The molecule has 0 heterocycles. The molecule has 2 aliphatic carbocycles. The standard InChI is InChI=1S/C18H32BrNO/c1-14(2)11-18(9-5-6-10-18)17(21)20-13-16-8-4-3-7-15(16)12-19/h14-16H,3-13H2,1-2H3,(H,20,21). The van der Waals surface area contributed by atoms with Crippen LogP contribution in [0.5, 0.6) is 0 Å². The van der Waals surface area contributed by atoms with E-state index in [9.17, 15) is 4.79 Å². The summed E-state index contributed by atoms with van der Waals surface area (Å²) in [6.07, 6.45) is 11.0. The number of carbonyl (C=O) groups is 1. The average Bonchev–Trinajstić information content (AvgIpc) is 2.94. The van der Waals surface area contributed by atoms with E-state index in [2.05, 4.69) is 35.1 Å². The summed E-state index contributed by atoms with van der Waals surface area (Å²) in [5.41, 5.74) is -0.0489. The summed E-state index contributed by atoms with van der Waals surface area (Å²) in [7, 11) is 0. The average molecular weight is 358 g/mol. The number of hydrogen-bond acceptors (Lipinski definition) is 1. The molecule has 0 aromatic rings. The first-order valence-corrected chi connectivity index (χ1v) is 10.0. The molecule has 0 aromatic heterocycles. The molecule has 2 nitrogen and oxygen atoms in total. The van der Waals surface area contributed by atoms with E-state index in [-0.39, 0.29) is 5.41 Å². The number of rotatable bonds is 6. The quantitative estimate of drug-likeness (QED) is 0.672. The van der Waals surface area contributed by atoms with Crippen molar-refractivity contribution in [2.75, 3.05) is 11.9 Å². The number of nitrogens with one attached hydrogen (secondary N) is 1. The molecule has 0 bridgehead atoms. The van der Waals surface area contributed by atoms with Crippen LogP contribution >= 0.6 is 15.9 Å². The topological polar surface area (TPSA) is 29.1 Å². The highest BCUT2D eigenvalue weighted by Crippen LogP contribution is 2.43. The molecule has 1 N–H and O–H groups in total. The Morgan fingerprint density at radius 1 is 1.14 bits per heavy atom. The van der Waals surface area contributed by atoms with E-state index in [1.54, 1.807) is 0 Å². The first kappa shape index (κ1) is 17.3. The lowest BCUT2D eigenvalue weighted by Crippen LogP contribution is -2.43. The maximum Gasteiger partial charge on any atom is 0.226 e. The highest BCUT2D eigenvalue weighted by Gasteiger charge is 2.41. The SMILES string of the molecule is CC(C)CC1(C(=O)NCC2CCCCC2CBr)CCCC1. The molecule has 122 valence electrons. The predicted molar refractivity (Wildman–Crippen MR) is 92.6 cm³/mol. The maximum absolute atomic E-state index is 12.8. The van der Waals surface area contributed by atoms with Crippen LogP contribution in [0.1, 0.15) is 71.6 Å². The van der Waals surface area contributed by atoms with Gasteiger partial charge in [-0.15, -0.1) is 0 Å². The van der Waals surface area contributed by atoms with E-state index in [0.29, 0.717) is 17.7 Å².